The van der Waals surface area contributed by atoms with E-state index in [4.69, 9.17) is 0 Å². The van der Waals surface area contributed by atoms with E-state index in [9.17, 15) is 0 Å². The summed E-state index contributed by atoms with van der Waals surface area (Å²) >= 11 is 0. The number of fused-ring (bicyclic) bond motifs is 1. The van der Waals surface area contributed by atoms with Gasteiger partial charge >= 0.3 is 0 Å². The third-order valence-corrected chi connectivity index (χ3v) is 4.28. The summed E-state index contributed by atoms with van der Waals surface area (Å²) in [6.45, 7) is 4.33. The number of aromatic nitrogens is 2. The molecule has 2 aromatic carbocycles. The maximum atomic E-state index is 4.17. The lowest BCUT2D eigenvalue weighted by Crippen LogP contribution is -1.96. The highest BCUT2D eigenvalue weighted by molar-refractivity contribution is 5.82. The van der Waals surface area contributed by atoms with Gasteiger partial charge in [-0.1, -0.05) is 41.5 Å². The molecule has 0 fully saturated rings. The normalized spacial score (nSPS) is 13.1. The van der Waals surface area contributed by atoms with Gasteiger partial charge in [-0.15, -0.1) is 0 Å². The van der Waals surface area contributed by atoms with Crippen LogP contribution in [0.3, 0.4) is 0 Å². The zero-order valence-electron chi connectivity index (χ0n) is 12.9. The van der Waals surface area contributed by atoms with Gasteiger partial charge in [0.05, 0.1) is 6.33 Å². The van der Waals surface area contributed by atoms with Gasteiger partial charge in [-0.25, -0.2) is 4.98 Å². The summed E-state index contributed by atoms with van der Waals surface area (Å²) in [7, 11) is 0. The molecule has 0 aliphatic heterocycles. The third-order valence-electron chi connectivity index (χ3n) is 4.28. The van der Waals surface area contributed by atoms with Crippen molar-refractivity contribution in [1.82, 2.24) is 9.55 Å². The highest BCUT2D eigenvalue weighted by Gasteiger charge is 2.16. The maximum Gasteiger partial charge on any atom is 0.0991 e. The molecule has 108 valence electrons. The largest absolute Gasteiger partial charge is 0.306 e. The molecule has 1 heterocycles. The maximum absolute atomic E-state index is 4.17. The first kappa shape index (κ1) is 13.1. The van der Waals surface area contributed by atoms with Crippen LogP contribution in [0, 0.1) is 6.92 Å². The van der Waals surface area contributed by atoms with Crippen molar-refractivity contribution in [2.45, 2.75) is 20.3 Å². The molecule has 0 saturated carbocycles. The molecular formula is C20H18N2. The molecule has 1 aliphatic rings. The zero-order chi connectivity index (χ0) is 15.1. The Morgan fingerprint density at radius 3 is 2.59 bits per heavy atom. The Labute approximate surface area is 130 Å². The van der Waals surface area contributed by atoms with Crippen LogP contribution in [0.2, 0.25) is 0 Å². The van der Waals surface area contributed by atoms with Crippen LogP contribution in [-0.4, -0.2) is 9.55 Å². The minimum atomic E-state index is 1.04. The van der Waals surface area contributed by atoms with Crippen LogP contribution >= 0.6 is 0 Å². The van der Waals surface area contributed by atoms with Crippen LogP contribution < -0.4 is 0 Å². The Kier molecular flexibility index (Phi) is 2.97. The molecule has 1 aliphatic carbocycles. The average molecular weight is 286 g/mol. The van der Waals surface area contributed by atoms with E-state index in [2.05, 4.69) is 65.9 Å². The fraction of sp³-hybridized carbons (Fsp3) is 0.150. The smallest absolute Gasteiger partial charge is 0.0991 e. The van der Waals surface area contributed by atoms with Gasteiger partial charge in [-0.05, 0) is 54.7 Å². The number of hydrogen-bond acceptors (Lipinski definition) is 1. The minimum absolute atomic E-state index is 1.04. The van der Waals surface area contributed by atoms with Crippen molar-refractivity contribution in [2.75, 3.05) is 0 Å². The van der Waals surface area contributed by atoms with Crippen molar-refractivity contribution in [3.8, 4) is 16.8 Å². The first-order valence-electron chi connectivity index (χ1n) is 7.60. The van der Waals surface area contributed by atoms with E-state index in [1.165, 1.54) is 39.1 Å². The summed E-state index contributed by atoms with van der Waals surface area (Å²) in [5, 5.41) is 0. The minimum Gasteiger partial charge on any atom is -0.306 e. The summed E-state index contributed by atoms with van der Waals surface area (Å²) in [6, 6.07) is 13.3. The van der Waals surface area contributed by atoms with Crippen LogP contribution in [0.15, 0.2) is 60.7 Å². The second-order valence-corrected chi connectivity index (χ2v) is 6.07. The molecule has 0 spiro atoms. The number of imidazole rings is 1. The monoisotopic (exact) mass is 286 g/mol. The lowest BCUT2D eigenvalue weighted by Gasteiger charge is -2.13. The lowest BCUT2D eigenvalue weighted by atomic mass is 9.95. The number of nitrogens with zero attached hydrogens (tertiary/aromatic N) is 2. The van der Waals surface area contributed by atoms with Gasteiger partial charge in [0.2, 0.25) is 0 Å². The van der Waals surface area contributed by atoms with Gasteiger partial charge in [0.15, 0.2) is 0 Å². The molecule has 0 atom stereocenters. The average Bonchev–Trinajstić information content (AvgIpc) is 3.15. The summed E-state index contributed by atoms with van der Waals surface area (Å²) < 4.78 is 2.08. The van der Waals surface area contributed by atoms with Crippen LogP contribution in [-0.2, 0) is 6.42 Å². The molecule has 1 aromatic heterocycles. The Morgan fingerprint density at radius 2 is 1.86 bits per heavy atom. The van der Waals surface area contributed by atoms with Crippen LogP contribution in [0.5, 0.6) is 0 Å². The van der Waals surface area contributed by atoms with Crippen molar-refractivity contribution < 1.29 is 0 Å². The topological polar surface area (TPSA) is 17.8 Å². The summed E-state index contributed by atoms with van der Waals surface area (Å²) in [6.07, 6.45) is 9.03. The molecule has 0 amide bonds. The molecule has 0 N–H and O–H groups in total. The quantitative estimate of drug-likeness (QED) is 0.661. The number of allylic oxidation sites excluding steroid dienone is 1. The van der Waals surface area contributed by atoms with Gasteiger partial charge in [0.25, 0.3) is 0 Å². The number of benzene rings is 2. The van der Waals surface area contributed by atoms with E-state index in [0.29, 0.717) is 0 Å². The highest BCUT2D eigenvalue weighted by atomic mass is 15.0. The second kappa shape index (κ2) is 4.99. The Morgan fingerprint density at radius 1 is 1.05 bits per heavy atom. The van der Waals surface area contributed by atoms with Crippen LogP contribution in [0.1, 0.15) is 23.6 Å². The number of hydrogen-bond donors (Lipinski definition) is 0. The SMILES string of the molecule is CC1=Cc2c(cc(-n3ccnc3)cc2-c2ccc(C)cc2)C1. The molecular weight excluding hydrogens is 268 g/mol. The van der Waals surface area contributed by atoms with Crippen molar-refractivity contribution in [3.05, 3.63) is 77.4 Å². The Bertz CT molecular complexity index is 853. The molecule has 0 saturated heterocycles. The predicted octanol–water partition coefficient (Wildman–Crippen LogP) is 4.81. The lowest BCUT2D eigenvalue weighted by molar-refractivity contribution is 1.05. The molecule has 0 radical (unpaired) electrons. The van der Waals surface area contributed by atoms with E-state index >= 15 is 0 Å². The van der Waals surface area contributed by atoms with Crippen molar-refractivity contribution in [3.63, 3.8) is 0 Å². The number of aryl methyl sites for hydroxylation is 1. The van der Waals surface area contributed by atoms with Crippen molar-refractivity contribution in [2.24, 2.45) is 0 Å². The molecule has 0 unspecified atom stereocenters. The van der Waals surface area contributed by atoms with E-state index in [1.54, 1.807) is 0 Å². The first-order valence-corrected chi connectivity index (χ1v) is 7.60. The fourth-order valence-corrected chi connectivity index (χ4v) is 3.14. The first-order chi connectivity index (χ1) is 10.7. The molecule has 22 heavy (non-hydrogen) atoms. The summed E-state index contributed by atoms with van der Waals surface area (Å²) in [4.78, 5) is 4.17. The van der Waals surface area contributed by atoms with Crippen LogP contribution in [0.4, 0.5) is 0 Å². The molecule has 3 aromatic rings. The third kappa shape index (κ3) is 2.17. The molecule has 0 bridgehead atoms. The van der Waals surface area contributed by atoms with Crippen molar-refractivity contribution in [1.29, 1.82) is 0 Å². The van der Waals surface area contributed by atoms with E-state index in [0.717, 1.165) is 6.42 Å². The van der Waals surface area contributed by atoms with Crippen molar-refractivity contribution >= 4 is 6.08 Å². The standard InChI is InChI=1S/C20H18N2/c1-14-3-5-16(6-4-14)20-12-18(22-8-7-21-13-22)11-17-9-15(2)10-19(17)20/h3-8,10-13H,9H2,1-2H3. The van der Waals surface area contributed by atoms with E-state index < -0.39 is 0 Å². The van der Waals surface area contributed by atoms with Gasteiger partial charge < -0.3 is 4.57 Å². The van der Waals surface area contributed by atoms with Gasteiger partial charge in [0, 0.05) is 18.1 Å². The van der Waals surface area contributed by atoms with Crippen LogP contribution in [0.25, 0.3) is 22.9 Å². The van der Waals surface area contributed by atoms with E-state index in [-0.39, 0.29) is 0 Å². The second-order valence-electron chi connectivity index (χ2n) is 6.07. The Balaban J connectivity index is 1.93. The Hall–Kier alpha value is -2.61. The highest BCUT2D eigenvalue weighted by Crippen LogP contribution is 2.36. The summed E-state index contributed by atoms with van der Waals surface area (Å²) in [5.41, 5.74) is 9.23. The molecule has 4 rings (SSSR count). The zero-order valence-corrected chi connectivity index (χ0v) is 12.9. The molecule has 2 heteroatoms. The van der Waals surface area contributed by atoms with Gasteiger partial charge in [-0.3, -0.25) is 0 Å². The van der Waals surface area contributed by atoms with Gasteiger partial charge in [-0.2, -0.15) is 0 Å². The molecule has 2 nitrogen and oxygen atoms in total. The fourth-order valence-electron chi connectivity index (χ4n) is 3.14. The van der Waals surface area contributed by atoms with E-state index in [1.807, 2.05) is 18.7 Å². The summed E-state index contributed by atoms with van der Waals surface area (Å²) in [5.74, 6) is 0. The predicted molar refractivity (Wildman–Crippen MR) is 91.1 cm³/mol. The number of rotatable bonds is 2. The van der Waals surface area contributed by atoms with Gasteiger partial charge in [0.1, 0.15) is 0 Å².